The fourth-order valence-corrected chi connectivity index (χ4v) is 9.46. The molecule has 0 bridgehead atoms. The van der Waals surface area contributed by atoms with E-state index in [9.17, 15) is 77.6 Å². The second-order valence-corrected chi connectivity index (χ2v) is 23.9. The number of carbonyl (C=O) groups excluding carboxylic acids is 10. The first-order chi connectivity index (χ1) is 49.0. The molecule has 15 N–H and O–H groups in total. The maximum absolute atomic E-state index is 13.2. The number of primary amides is 2. The van der Waals surface area contributed by atoms with E-state index in [1.165, 1.54) is 0 Å². The summed E-state index contributed by atoms with van der Waals surface area (Å²) in [4.78, 5) is 163. The molecule has 1 saturated heterocycles. The predicted molar refractivity (Wildman–Crippen MR) is 366 cm³/mol. The first-order valence-corrected chi connectivity index (χ1v) is 34.9. The lowest BCUT2D eigenvalue weighted by atomic mass is 10.0. The molecule has 2 atom stereocenters. The Balaban J connectivity index is 2.25. The maximum atomic E-state index is 13.2. The molecule has 0 spiro atoms. The van der Waals surface area contributed by atoms with Gasteiger partial charge in [-0.1, -0.05) is 19.8 Å². The number of hydrogen-bond acceptors (Lipinski definition) is 25. The van der Waals surface area contributed by atoms with Crippen molar-refractivity contribution in [2.24, 2.45) is 17.4 Å². The van der Waals surface area contributed by atoms with E-state index in [4.69, 9.17) is 49.4 Å². The van der Waals surface area contributed by atoms with Crippen LogP contribution in [0.3, 0.4) is 0 Å². The highest BCUT2D eigenvalue weighted by Gasteiger charge is 2.23. The fourth-order valence-electron chi connectivity index (χ4n) is 9.46. The van der Waals surface area contributed by atoms with Gasteiger partial charge in [0.25, 0.3) is 0 Å². The Morgan fingerprint density at radius 3 is 1.05 bits per heavy atom. The van der Waals surface area contributed by atoms with E-state index in [2.05, 4.69) is 42.5 Å². The zero-order valence-corrected chi connectivity index (χ0v) is 59.5. The number of nitrogens with two attached hydrogens (primary N) is 2. The minimum atomic E-state index is -1.05. The lowest BCUT2D eigenvalue weighted by Crippen LogP contribution is -2.50. The van der Waals surface area contributed by atoms with Gasteiger partial charge in [0.1, 0.15) is 32.5 Å². The van der Waals surface area contributed by atoms with Crippen LogP contribution in [0.2, 0.25) is 0 Å². The molecule has 1 heterocycles. The molecule has 38 nitrogen and oxygen atoms in total. The van der Waals surface area contributed by atoms with E-state index in [0.29, 0.717) is 84.1 Å². The summed E-state index contributed by atoms with van der Waals surface area (Å²) in [5.74, 6) is -6.95. The molecule has 102 heavy (non-hydrogen) atoms. The second kappa shape index (κ2) is 62.2. The third kappa shape index (κ3) is 58.2. The van der Waals surface area contributed by atoms with Gasteiger partial charge in [-0.05, 0) is 51.4 Å². The van der Waals surface area contributed by atoms with Crippen molar-refractivity contribution in [3.63, 3.8) is 0 Å². The largest absolute Gasteiger partial charge is 0.480 e. The number of hydrogen-bond donors (Lipinski definition) is 13. The van der Waals surface area contributed by atoms with Gasteiger partial charge in [-0.15, -0.1) is 0 Å². The quantitative estimate of drug-likeness (QED) is 0.0253. The molecule has 0 aliphatic carbocycles. The van der Waals surface area contributed by atoms with Gasteiger partial charge >= 0.3 is 17.9 Å². The normalized spacial score (nSPS) is 14.0. The smallest absolute Gasteiger partial charge is 0.317 e. The van der Waals surface area contributed by atoms with E-state index in [0.717, 1.165) is 12.8 Å². The third-order valence-electron chi connectivity index (χ3n) is 15.0. The summed E-state index contributed by atoms with van der Waals surface area (Å²) in [5, 5.41) is 50.1. The Morgan fingerprint density at radius 1 is 0.333 bits per heavy atom. The lowest BCUT2D eigenvalue weighted by Gasteiger charge is -2.32. The van der Waals surface area contributed by atoms with Crippen LogP contribution >= 0.6 is 0 Å². The van der Waals surface area contributed by atoms with Gasteiger partial charge in [0, 0.05) is 123 Å². The van der Waals surface area contributed by atoms with Crippen LogP contribution < -0.4 is 54.0 Å². The number of nitrogens with zero attached hydrogens (tertiary/aromatic N) is 4. The van der Waals surface area contributed by atoms with E-state index >= 15 is 0 Å². The van der Waals surface area contributed by atoms with Crippen molar-refractivity contribution < 1.29 is 116 Å². The van der Waals surface area contributed by atoms with Gasteiger partial charge < -0.3 is 107 Å². The second-order valence-electron chi connectivity index (χ2n) is 23.9. The van der Waals surface area contributed by atoms with Crippen molar-refractivity contribution in [3.8, 4) is 0 Å². The Bertz CT molecular complexity index is 2390. The Labute approximate surface area is 596 Å². The number of aliphatic carboxylic acids is 3. The van der Waals surface area contributed by atoms with Gasteiger partial charge in [0.15, 0.2) is 0 Å². The van der Waals surface area contributed by atoms with E-state index in [-0.39, 0.29) is 258 Å². The van der Waals surface area contributed by atoms with Crippen molar-refractivity contribution in [2.45, 2.75) is 96.4 Å². The van der Waals surface area contributed by atoms with Crippen LogP contribution in [-0.2, 0) is 100 Å². The van der Waals surface area contributed by atoms with Crippen LogP contribution in [0.1, 0.15) is 90.4 Å². The maximum Gasteiger partial charge on any atom is 0.317 e. The molecule has 0 saturated carbocycles. The highest BCUT2D eigenvalue weighted by Crippen LogP contribution is 2.08. The van der Waals surface area contributed by atoms with E-state index in [1.54, 1.807) is 26.5 Å². The molecule has 10 amide bonds. The predicted octanol–water partition coefficient (Wildman–Crippen LogP) is -5.43. The highest BCUT2D eigenvalue weighted by molar-refractivity contribution is 5.88. The number of ether oxygens (including phenoxy) is 8. The molecule has 586 valence electrons. The van der Waals surface area contributed by atoms with Crippen molar-refractivity contribution in [1.29, 1.82) is 0 Å². The third-order valence-corrected chi connectivity index (χ3v) is 15.0. The zero-order chi connectivity index (χ0) is 75.2. The van der Waals surface area contributed by atoms with E-state index in [1.807, 2.05) is 0 Å². The minimum absolute atomic E-state index is 0.0371. The average Bonchev–Trinajstić information content (AvgIpc) is 0.928. The Hall–Kier alpha value is -7.37. The van der Waals surface area contributed by atoms with Gasteiger partial charge in [-0.2, -0.15) is 0 Å². The molecule has 0 aromatic heterocycles. The van der Waals surface area contributed by atoms with Gasteiger partial charge in [0.05, 0.1) is 105 Å². The molecule has 0 aromatic carbocycles. The van der Waals surface area contributed by atoms with Crippen LogP contribution in [0.5, 0.6) is 0 Å². The molecule has 0 aromatic rings. The summed E-state index contributed by atoms with van der Waals surface area (Å²) >= 11 is 0. The summed E-state index contributed by atoms with van der Waals surface area (Å²) in [6.07, 6.45) is 6.11. The number of nitrogens with one attached hydrogen (secondary N) is 8. The molecular weight excluding hydrogens is 1350 g/mol. The Kier molecular flexibility index (Phi) is 56.5. The summed E-state index contributed by atoms with van der Waals surface area (Å²) in [5.41, 5.74) is 10.4. The van der Waals surface area contributed by atoms with Gasteiger partial charge in [0.2, 0.25) is 59.1 Å². The topological polar surface area (TPSA) is 518 Å². The summed E-state index contributed by atoms with van der Waals surface area (Å²) in [7, 11) is 0. The lowest BCUT2D eigenvalue weighted by molar-refractivity contribution is -0.140. The monoisotopic (exact) mass is 1460 g/mol. The summed E-state index contributed by atoms with van der Waals surface area (Å²) in [6.45, 7) is 5.94. The van der Waals surface area contributed by atoms with Crippen LogP contribution in [0.4, 0.5) is 0 Å². The SMILES string of the molecule is C[C@@H](CCCCNC(=O)[C@H](CCCCNC(=O)CCCC(=O)NCCOCCOCC(=O)NCCOCCOCC(=O)NCCCCCC(N)=O)NC(=O)COCCOCCNC(=O)COCCOCCNC(=O)CN1CCN(CC(=O)O)CCN(CC(=O)O)CCN(CC(=O)O)CC1)C(N)=O. The number of carbonyl (C=O) groups is 13. The molecule has 1 aliphatic heterocycles. The average molecular weight is 1470 g/mol. The number of carboxylic acids is 3. The molecular formula is C64H116N14O24. The van der Waals surface area contributed by atoms with Crippen molar-refractivity contribution in [2.75, 3.05) is 230 Å². The van der Waals surface area contributed by atoms with Crippen molar-refractivity contribution >= 4 is 77.0 Å². The van der Waals surface area contributed by atoms with Crippen LogP contribution in [0.25, 0.3) is 0 Å². The van der Waals surface area contributed by atoms with Gasteiger partial charge in [-0.3, -0.25) is 81.9 Å². The Morgan fingerprint density at radius 2 is 0.657 bits per heavy atom. The summed E-state index contributed by atoms with van der Waals surface area (Å²) in [6, 6.07) is -0.902. The molecule has 0 unspecified atom stereocenters. The molecule has 1 aliphatic rings. The summed E-state index contributed by atoms with van der Waals surface area (Å²) < 4.78 is 43.2. The number of carboxylic acid groups (broad SMARTS) is 3. The van der Waals surface area contributed by atoms with Crippen LogP contribution in [-0.4, -0.2) is 348 Å². The van der Waals surface area contributed by atoms with Crippen LogP contribution in [0, 0.1) is 5.92 Å². The van der Waals surface area contributed by atoms with Crippen LogP contribution in [0.15, 0.2) is 0 Å². The molecule has 1 rings (SSSR count). The zero-order valence-electron chi connectivity index (χ0n) is 59.5. The molecule has 1 fully saturated rings. The number of unbranched alkanes of at least 4 members (excludes halogenated alkanes) is 4. The first kappa shape index (κ1) is 92.6. The fraction of sp³-hybridized carbons (Fsp3) is 0.797. The van der Waals surface area contributed by atoms with Crippen molar-refractivity contribution in [1.82, 2.24) is 62.1 Å². The van der Waals surface area contributed by atoms with Gasteiger partial charge in [-0.25, -0.2) is 0 Å². The molecule has 0 radical (unpaired) electrons. The minimum Gasteiger partial charge on any atom is -0.480 e. The standard InChI is InChI=1S/C64H116N14O24/c1-50(63(66)93)10-4-7-17-73-64(94)51(11-5-8-16-67-53(80)13-9-14-54(81)69-18-30-95-34-39-100-47-57(84)71-20-32-97-36-38-99-46-56(83)68-15-6-2-3-12-52(65)79)74-59(86)49-102-41-37-98-33-21-72-58(85)48-101-40-35-96-31-19-70-55(82)42-75-22-24-76(43-60(87)88)26-28-78(45-62(91)92)29-27-77(25-23-75)44-61(89)90/h50-51H,2-49H2,1H3,(H2,65,79)(H2,66,93)(H,67,80)(H,68,83)(H,69,81)(H,70,82)(H,71,84)(H,72,85)(H,73,94)(H,74,86)(H,87,88)(H,89,90)(H,91,92)/t50-,51-/m0/s1. The first-order valence-electron chi connectivity index (χ1n) is 34.9. The number of rotatable bonds is 63. The molecule has 38 heteroatoms. The number of amides is 10. The van der Waals surface area contributed by atoms with Crippen molar-refractivity contribution in [3.05, 3.63) is 0 Å². The van der Waals surface area contributed by atoms with E-state index < -0.39 is 47.6 Å². The highest BCUT2D eigenvalue weighted by atomic mass is 16.5.